The number of carbonyl (C=O) groups excluding carboxylic acids is 1. The average molecular weight is 361 g/mol. The van der Waals surface area contributed by atoms with Crippen LogP contribution in [0.5, 0.6) is 5.75 Å². The van der Waals surface area contributed by atoms with Gasteiger partial charge in [0.1, 0.15) is 17.5 Å². The number of Topliss-reactive ketones (excluding diaryl/α,β-unsaturated/α-hetero) is 1. The Morgan fingerprint density at radius 1 is 1.22 bits per heavy atom. The van der Waals surface area contributed by atoms with Gasteiger partial charge in [0, 0.05) is 29.6 Å². The summed E-state index contributed by atoms with van der Waals surface area (Å²) in [5.74, 6) is 0.566. The molecular formula is C23H23NO3. The molecule has 0 aromatic heterocycles. The summed E-state index contributed by atoms with van der Waals surface area (Å²) in [6.07, 6.45) is 0.437. The second-order valence-corrected chi connectivity index (χ2v) is 8.02. The van der Waals surface area contributed by atoms with Crippen LogP contribution in [0.1, 0.15) is 53.2 Å². The fraction of sp³-hybridized carbons (Fsp3) is 0.391. The summed E-state index contributed by atoms with van der Waals surface area (Å²) in [6, 6.07) is 15.4. The summed E-state index contributed by atoms with van der Waals surface area (Å²) < 4.78 is 12.3. The topological polar surface area (TPSA) is 59.3 Å². The Hall–Kier alpha value is -2.64. The normalized spacial score (nSPS) is 25.5. The Bertz CT molecular complexity index is 941. The molecule has 4 rings (SSSR count). The molecule has 0 spiro atoms. The molecule has 0 N–H and O–H groups in total. The van der Waals surface area contributed by atoms with Gasteiger partial charge in [-0.15, -0.1) is 0 Å². The van der Waals surface area contributed by atoms with Gasteiger partial charge in [-0.05, 0) is 51.5 Å². The van der Waals surface area contributed by atoms with Gasteiger partial charge in [0.15, 0.2) is 5.78 Å². The highest BCUT2D eigenvalue weighted by molar-refractivity contribution is 5.98. The Balaban J connectivity index is 1.82. The van der Waals surface area contributed by atoms with E-state index in [1.807, 2.05) is 57.2 Å². The van der Waals surface area contributed by atoms with Crippen LogP contribution < -0.4 is 4.74 Å². The number of aryl methyl sites for hydroxylation is 1. The third-order valence-electron chi connectivity index (χ3n) is 5.68. The van der Waals surface area contributed by atoms with Crippen LogP contribution in [0.4, 0.5) is 0 Å². The fourth-order valence-corrected chi connectivity index (χ4v) is 4.45. The molecule has 1 fully saturated rings. The molecule has 3 atom stereocenters. The second kappa shape index (κ2) is 6.51. The lowest BCUT2D eigenvalue weighted by Crippen LogP contribution is -2.55. The monoisotopic (exact) mass is 361 g/mol. The van der Waals surface area contributed by atoms with E-state index in [4.69, 9.17) is 9.47 Å². The minimum absolute atomic E-state index is 0.126. The zero-order chi connectivity index (χ0) is 19.2. The van der Waals surface area contributed by atoms with Crippen molar-refractivity contribution in [1.82, 2.24) is 0 Å². The summed E-state index contributed by atoms with van der Waals surface area (Å²) in [6.45, 7) is 6.54. The molecule has 4 heteroatoms. The maximum atomic E-state index is 13.4. The van der Waals surface area contributed by atoms with E-state index in [2.05, 4.69) is 6.07 Å². The van der Waals surface area contributed by atoms with Gasteiger partial charge >= 0.3 is 0 Å². The van der Waals surface area contributed by atoms with Crippen LogP contribution in [0.25, 0.3) is 0 Å². The van der Waals surface area contributed by atoms with Crippen molar-refractivity contribution in [2.45, 2.75) is 44.8 Å². The van der Waals surface area contributed by atoms with Crippen molar-refractivity contribution in [3.63, 3.8) is 0 Å². The number of nitriles is 1. The highest BCUT2D eigenvalue weighted by Crippen LogP contribution is 2.50. The molecule has 1 unspecified atom stereocenters. The van der Waals surface area contributed by atoms with Crippen LogP contribution in [0.3, 0.4) is 0 Å². The minimum atomic E-state index is -0.544. The molecule has 0 amide bonds. The lowest BCUT2D eigenvalue weighted by atomic mass is 9.69. The number of hydrogen-bond acceptors (Lipinski definition) is 4. The molecule has 138 valence electrons. The van der Waals surface area contributed by atoms with Crippen molar-refractivity contribution in [3.05, 3.63) is 64.7 Å². The molecule has 2 aliphatic heterocycles. The summed E-state index contributed by atoms with van der Waals surface area (Å²) >= 11 is 0. The predicted molar refractivity (Wildman–Crippen MR) is 102 cm³/mol. The molecular weight excluding hydrogens is 338 g/mol. The number of carbonyl (C=O) groups is 1. The van der Waals surface area contributed by atoms with Gasteiger partial charge in [0.05, 0.1) is 11.6 Å². The number of ether oxygens (including phenoxy) is 2. The predicted octanol–water partition coefficient (Wildman–Crippen LogP) is 4.41. The lowest BCUT2D eigenvalue weighted by Gasteiger charge is -2.49. The maximum Gasteiger partial charge on any atom is 0.166 e. The standard InChI is InChI=1S/C23H23NO3/c1-14-5-4-6-16(11-14)21(25)17-9-10-26-22-20(17)18-12-15(13-24)7-8-19(18)27-23(22,2)3/h4-8,11-12,17,20,22H,9-10H2,1-3H3/t17?,20-,22-/m1/s1. The molecule has 2 aromatic carbocycles. The van der Waals surface area contributed by atoms with Crippen molar-refractivity contribution in [3.8, 4) is 11.8 Å². The van der Waals surface area contributed by atoms with Gasteiger partial charge in [-0.1, -0.05) is 23.8 Å². The number of benzene rings is 2. The molecule has 0 radical (unpaired) electrons. The average Bonchev–Trinajstić information content (AvgIpc) is 2.66. The Labute approximate surface area is 159 Å². The van der Waals surface area contributed by atoms with E-state index in [9.17, 15) is 10.1 Å². The quantitative estimate of drug-likeness (QED) is 0.744. The van der Waals surface area contributed by atoms with Crippen molar-refractivity contribution < 1.29 is 14.3 Å². The van der Waals surface area contributed by atoms with Gasteiger partial charge in [0.2, 0.25) is 0 Å². The third-order valence-corrected chi connectivity index (χ3v) is 5.68. The van der Waals surface area contributed by atoms with E-state index in [1.54, 1.807) is 6.07 Å². The summed E-state index contributed by atoms with van der Waals surface area (Å²) in [7, 11) is 0. The molecule has 0 bridgehead atoms. The Morgan fingerprint density at radius 3 is 2.78 bits per heavy atom. The largest absolute Gasteiger partial charge is 0.485 e. The highest BCUT2D eigenvalue weighted by atomic mass is 16.6. The molecule has 4 nitrogen and oxygen atoms in total. The zero-order valence-electron chi connectivity index (χ0n) is 15.9. The van der Waals surface area contributed by atoms with Gasteiger partial charge < -0.3 is 9.47 Å². The molecule has 2 aromatic rings. The first kappa shape index (κ1) is 17.8. The van der Waals surface area contributed by atoms with Gasteiger partial charge in [-0.3, -0.25) is 4.79 Å². The van der Waals surface area contributed by atoms with Crippen LogP contribution in [-0.2, 0) is 4.74 Å². The summed E-state index contributed by atoms with van der Waals surface area (Å²) in [5, 5.41) is 9.33. The third kappa shape index (κ3) is 3.02. The first-order chi connectivity index (χ1) is 12.9. The van der Waals surface area contributed by atoms with Crippen molar-refractivity contribution in [2.75, 3.05) is 6.61 Å². The number of hydrogen-bond donors (Lipinski definition) is 0. The van der Waals surface area contributed by atoms with Gasteiger partial charge in [-0.25, -0.2) is 0 Å². The van der Waals surface area contributed by atoms with E-state index < -0.39 is 5.60 Å². The number of nitrogens with zero attached hydrogens (tertiary/aromatic N) is 1. The van der Waals surface area contributed by atoms with Crippen LogP contribution >= 0.6 is 0 Å². The van der Waals surface area contributed by atoms with E-state index in [0.29, 0.717) is 18.6 Å². The number of fused-ring (bicyclic) bond motifs is 3. The second-order valence-electron chi connectivity index (χ2n) is 8.02. The first-order valence-corrected chi connectivity index (χ1v) is 9.36. The maximum absolute atomic E-state index is 13.4. The SMILES string of the molecule is Cc1cccc(C(=O)C2CCO[C@@H]3[C@H]2c2cc(C#N)ccc2OC3(C)C)c1. The van der Waals surface area contributed by atoms with Crippen LogP contribution in [0.2, 0.25) is 0 Å². The van der Waals surface area contributed by atoms with Gasteiger partial charge in [0.25, 0.3) is 0 Å². The highest BCUT2D eigenvalue weighted by Gasteiger charge is 2.51. The summed E-state index contributed by atoms with van der Waals surface area (Å²) in [4.78, 5) is 13.4. The number of ketones is 1. The molecule has 1 saturated heterocycles. The number of rotatable bonds is 2. The van der Waals surface area contributed by atoms with Crippen molar-refractivity contribution in [2.24, 2.45) is 5.92 Å². The Morgan fingerprint density at radius 2 is 2.04 bits per heavy atom. The van der Waals surface area contributed by atoms with Crippen LogP contribution in [-0.4, -0.2) is 24.1 Å². The smallest absolute Gasteiger partial charge is 0.166 e. The van der Waals surface area contributed by atoms with Crippen molar-refractivity contribution in [1.29, 1.82) is 5.26 Å². The fourth-order valence-electron chi connectivity index (χ4n) is 4.45. The Kier molecular flexibility index (Phi) is 4.28. The van der Waals surface area contributed by atoms with E-state index in [-0.39, 0.29) is 23.7 Å². The molecule has 2 aliphatic rings. The molecule has 0 saturated carbocycles. The zero-order valence-corrected chi connectivity index (χ0v) is 15.9. The summed E-state index contributed by atoms with van der Waals surface area (Å²) in [5.41, 5.74) is 2.75. The van der Waals surface area contributed by atoms with E-state index in [0.717, 1.165) is 22.4 Å². The minimum Gasteiger partial charge on any atom is -0.485 e. The van der Waals surface area contributed by atoms with Crippen molar-refractivity contribution >= 4 is 5.78 Å². The van der Waals surface area contributed by atoms with Crippen LogP contribution in [0.15, 0.2) is 42.5 Å². The van der Waals surface area contributed by atoms with Gasteiger partial charge in [-0.2, -0.15) is 5.26 Å². The molecule has 0 aliphatic carbocycles. The van der Waals surface area contributed by atoms with E-state index in [1.165, 1.54) is 0 Å². The molecule has 27 heavy (non-hydrogen) atoms. The first-order valence-electron chi connectivity index (χ1n) is 9.36. The lowest BCUT2D eigenvalue weighted by molar-refractivity contribution is -0.128. The van der Waals surface area contributed by atoms with Crippen LogP contribution in [0, 0.1) is 24.2 Å². The van der Waals surface area contributed by atoms with E-state index >= 15 is 0 Å². The molecule has 2 heterocycles.